The number of hydrogen-bond donors (Lipinski definition) is 2. The molecule has 0 spiro atoms. The van der Waals surface area contributed by atoms with E-state index in [9.17, 15) is 15.0 Å². The molecule has 0 amide bonds. The number of aromatic hydroxyl groups is 1. The molecule has 3 nitrogen and oxygen atoms in total. The Bertz CT molecular complexity index is 520. The molecule has 0 saturated carbocycles. The number of aliphatic hydroxyl groups is 1. The van der Waals surface area contributed by atoms with E-state index in [0.29, 0.717) is 11.1 Å². The van der Waals surface area contributed by atoms with Crippen molar-refractivity contribution < 1.29 is 15.0 Å². The van der Waals surface area contributed by atoms with Gasteiger partial charge in [0.2, 0.25) is 0 Å². The lowest BCUT2D eigenvalue weighted by Crippen LogP contribution is -2.11. The number of carbonyl (C=O) groups is 1. The predicted octanol–water partition coefficient (Wildman–Crippen LogP) is 2.31. The molecule has 0 fully saturated rings. The quantitative estimate of drug-likeness (QED) is 0.792. The van der Waals surface area contributed by atoms with Gasteiger partial charge in [0.25, 0.3) is 0 Å². The predicted molar refractivity (Wildman–Crippen MR) is 63.8 cm³/mol. The first kappa shape index (κ1) is 11.4. The van der Waals surface area contributed by atoms with Gasteiger partial charge in [0.05, 0.1) is 0 Å². The number of hydrogen-bond acceptors (Lipinski definition) is 3. The van der Waals surface area contributed by atoms with E-state index in [4.69, 9.17) is 0 Å². The largest absolute Gasteiger partial charge is 0.508 e. The second-order valence-corrected chi connectivity index (χ2v) is 3.73. The van der Waals surface area contributed by atoms with Crippen LogP contribution in [0.4, 0.5) is 0 Å². The van der Waals surface area contributed by atoms with Crippen LogP contribution < -0.4 is 0 Å². The van der Waals surface area contributed by atoms with Crippen molar-refractivity contribution in [2.24, 2.45) is 0 Å². The van der Waals surface area contributed by atoms with Crippen molar-refractivity contribution in [1.82, 2.24) is 0 Å². The maximum atomic E-state index is 11.9. The van der Waals surface area contributed by atoms with Crippen molar-refractivity contribution in [3.8, 4) is 5.75 Å². The Balaban J connectivity index is 2.27. The number of aliphatic hydroxyl groups excluding tert-OH is 1. The Morgan fingerprint density at radius 1 is 1.00 bits per heavy atom. The van der Waals surface area contributed by atoms with Crippen LogP contribution in [0.15, 0.2) is 54.6 Å². The average molecular weight is 228 g/mol. The number of ketones is 1. The Labute approximate surface area is 99.0 Å². The van der Waals surface area contributed by atoms with Gasteiger partial charge in [0.15, 0.2) is 5.78 Å². The van der Waals surface area contributed by atoms with Crippen molar-refractivity contribution in [3.63, 3.8) is 0 Å². The molecular weight excluding hydrogens is 216 g/mol. The lowest BCUT2D eigenvalue weighted by molar-refractivity contribution is 0.0747. The summed E-state index contributed by atoms with van der Waals surface area (Å²) >= 11 is 0. The van der Waals surface area contributed by atoms with Gasteiger partial charge >= 0.3 is 0 Å². The Morgan fingerprint density at radius 3 is 2.35 bits per heavy atom. The highest BCUT2D eigenvalue weighted by molar-refractivity contribution is 5.99. The molecule has 86 valence electrons. The fraction of sp³-hybridized carbons (Fsp3) is 0.0714. The Hall–Kier alpha value is -2.13. The van der Waals surface area contributed by atoms with Gasteiger partial charge in [-0.3, -0.25) is 4.79 Å². The molecule has 0 aromatic heterocycles. The summed E-state index contributed by atoms with van der Waals surface area (Å²) in [7, 11) is 0. The third-order valence-electron chi connectivity index (χ3n) is 2.49. The lowest BCUT2D eigenvalue weighted by atomic mass is 10.00. The van der Waals surface area contributed by atoms with E-state index < -0.39 is 6.10 Å². The monoisotopic (exact) mass is 228 g/mol. The first-order chi connectivity index (χ1) is 8.18. The van der Waals surface area contributed by atoms with Gasteiger partial charge in [-0.05, 0) is 17.7 Å². The van der Waals surface area contributed by atoms with Crippen molar-refractivity contribution in [1.29, 1.82) is 0 Å². The molecule has 2 aromatic rings. The van der Waals surface area contributed by atoms with Crippen LogP contribution in [0.2, 0.25) is 0 Å². The summed E-state index contributed by atoms with van der Waals surface area (Å²) in [6.45, 7) is 0. The molecule has 0 aliphatic rings. The minimum Gasteiger partial charge on any atom is -0.508 e. The fourth-order valence-corrected chi connectivity index (χ4v) is 1.61. The first-order valence-electron chi connectivity index (χ1n) is 5.25. The molecule has 17 heavy (non-hydrogen) atoms. The number of rotatable bonds is 3. The summed E-state index contributed by atoms with van der Waals surface area (Å²) in [6.07, 6.45) is -1.25. The summed E-state index contributed by atoms with van der Waals surface area (Å²) < 4.78 is 0. The zero-order chi connectivity index (χ0) is 12.3. The minimum atomic E-state index is -1.25. The van der Waals surface area contributed by atoms with E-state index in [0.717, 1.165) is 0 Å². The van der Waals surface area contributed by atoms with Crippen LogP contribution >= 0.6 is 0 Å². The summed E-state index contributed by atoms with van der Waals surface area (Å²) in [4.78, 5) is 11.9. The highest BCUT2D eigenvalue weighted by atomic mass is 16.3. The summed E-state index contributed by atoms with van der Waals surface area (Å²) in [6, 6.07) is 14.6. The highest BCUT2D eigenvalue weighted by Crippen LogP contribution is 2.21. The molecule has 0 radical (unpaired) electrons. The number of phenolic OH excluding ortho intramolecular Hbond substituents is 1. The summed E-state index contributed by atoms with van der Waals surface area (Å²) in [5, 5.41) is 19.2. The number of Topliss-reactive ketones (excluding diaryl/α,β-unsaturated/α-hetero) is 1. The molecule has 0 bridgehead atoms. The Morgan fingerprint density at radius 2 is 1.71 bits per heavy atom. The molecule has 0 aliphatic heterocycles. The van der Waals surface area contributed by atoms with Crippen LogP contribution in [0.3, 0.4) is 0 Å². The maximum absolute atomic E-state index is 11.9. The van der Waals surface area contributed by atoms with Crippen LogP contribution in [0.1, 0.15) is 22.0 Å². The van der Waals surface area contributed by atoms with Gasteiger partial charge in [-0.25, -0.2) is 0 Å². The van der Waals surface area contributed by atoms with Gasteiger partial charge < -0.3 is 10.2 Å². The van der Waals surface area contributed by atoms with E-state index >= 15 is 0 Å². The summed E-state index contributed by atoms with van der Waals surface area (Å²) in [5.41, 5.74) is 0.835. The average Bonchev–Trinajstić information content (AvgIpc) is 2.38. The molecule has 0 heterocycles. The lowest BCUT2D eigenvalue weighted by Gasteiger charge is -2.10. The van der Waals surface area contributed by atoms with Gasteiger partial charge in [-0.2, -0.15) is 0 Å². The molecule has 1 unspecified atom stereocenters. The number of carbonyl (C=O) groups excluding carboxylic acids is 1. The van der Waals surface area contributed by atoms with Crippen molar-refractivity contribution in [2.75, 3.05) is 0 Å². The zero-order valence-electron chi connectivity index (χ0n) is 9.08. The highest BCUT2D eigenvalue weighted by Gasteiger charge is 2.18. The molecular formula is C14H12O3. The smallest absolute Gasteiger partial charge is 0.195 e. The van der Waals surface area contributed by atoms with Gasteiger partial charge in [0, 0.05) is 5.56 Å². The van der Waals surface area contributed by atoms with E-state index in [1.165, 1.54) is 12.1 Å². The van der Waals surface area contributed by atoms with Crippen LogP contribution in [0.5, 0.6) is 5.75 Å². The molecule has 0 saturated heterocycles. The molecule has 2 rings (SSSR count). The van der Waals surface area contributed by atoms with E-state index in [-0.39, 0.29) is 11.5 Å². The number of phenols is 1. The van der Waals surface area contributed by atoms with Crippen molar-refractivity contribution in [2.45, 2.75) is 6.10 Å². The van der Waals surface area contributed by atoms with Crippen molar-refractivity contribution >= 4 is 5.78 Å². The van der Waals surface area contributed by atoms with E-state index in [2.05, 4.69) is 0 Å². The molecule has 0 aliphatic carbocycles. The fourth-order valence-electron chi connectivity index (χ4n) is 1.61. The first-order valence-corrected chi connectivity index (χ1v) is 5.25. The zero-order valence-corrected chi connectivity index (χ0v) is 9.08. The van der Waals surface area contributed by atoms with Crippen LogP contribution in [-0.2, 0) is 0 Å². The molecule has 1 atom stereocenters. The molecule has 2 aromatic carbocycles. The normalized spacial score (nSPS) is 12.1. The van der Waals surface area contributed by atoms with Crippen molar-refractivity contribution in [3.05, 3.63) is 65.7 Å². The van der Waals surface area contributed by atoms with Crippen LogP contribution in [-0.4, -0.2) is 16.0 Å². The SMILES string of the molecule is O=C(c1ccccc1)C(O)c1cccc(O)c1. The van der Waals surface area contributed by atoms with Gasteiger partial charge in [0.1, 0.15) is 11.9 Å². The molecule has 3 heteroatoms. The van der Waals surface area contributed by atoms with Crippen LogP contribution in [0.25, 0.3) is 0 Å². The topological polar surface area (TPSA) is 57.5 Å². The van der Waals surface area contributed by atoms with E-state index in [1.54, 1.807) is 42.5 Å². The summed E-state index contributed by atoms with van der Waals surface area (Å²) in [5.74, 6) is -0.349. The second kappa shape index (κ2) is 4.80. The number of benzene rings is 2. The third kappa shape index (κ3) is 2.52. The molecule has 2 N–H and O–H groups in total. The van der Waals surface area contributed by atoms with Gasteiger partial charge in [-0.15, -0.1) is 0 Å². The minimum absolute atomic E-state index is 0.0300. The van der Waals surface area contributed by atoms with Gasteiger partial charge in [-0.1, -0.05) is 42.5 Å². The van der Waals surface area contributed by atoms with Crippen LogP contribution in [0, 0.1) is 0 Å². The van der Waals surface area contributed by atoms with E-state index in [1.807, 2.05) is 0 Å². The Kier molecular flexibility index (Phi) is 3.21. The third-order valence-corrected chi connectivity index (χ3v) is 2.49. The second-order valence-electron chi connectivity index (χ2n) is 3.73. The standard InChI is InChI=1S/C14H12O3/c15-12-8-4-7-11(9-12)14(17)13(16)10-5-2-1-3-6-10/h1-9,14-15,17H. The maximum Gasteiger partial charge on any atom is 0.195 e.